The highest BCUT2D eigenvalue weighted by Gasteiger charge is 2.19. The first kappa shape index (κ1) is 11.8. The van der Waals surface area contributed by atoms with Gasteiger partial charge in [0.15, 0.2) is 0 Å². The second-order valence-electron chi connectivity index (χ2n) is 4.25. The molecule has 17 heavy (non-hydrogen) atoms. The van der Waals surface area contributed by atoms with E-state index in [0.29, 0.717) is 17.1 Å². The summed E-state index contributed by atoms with van der Waals surface area (Å²) < 4.78 is 11.0. The molecule has 4 heteroatoms. The minimum atomic E-state index is -0.472. The van der Waals surface area contributed by atoms with Crippen LogP contribution in [0.2, 0.25) is 0 Å². The molecule has 0 heterocycles. The van der Waals surface area contributed by atoms with Crippen LogP contribution in [0.5, 0.6) is 11.5 Å². The van der Waals surface area contributed by atoms with E-state index in [-0.39, 0.29) is 6.10 Å². The van der Waals surface area contributed by atoms with E-state index < -0.39 is 5.91 Å². The van der Waals surface area contributed by atoms with Crippen LogP contribution in [0.3, 0.4) is 0 Å². The molecule has 1 saturated carbocycles. The molecule has 0 radical (unpaired) electrons. The molecule has 0 saturated heterocycles. The SMILES string of the molecule is COc1ccc(C(N)=O)c(OC2CCCC2)c1. The van der Waals surface area contributed by atoms with E-state index in [9.17, 15) is 4.79 Å². The van der Waals surface area contributed by atoms with E-state index in [0.717, 1.165) is 12.8 Å². The minimum absolute atomic E-state index is 0.195. The van der Waals surface area contributed by atoms with Crippen LogP contribution in [-0.4, -0.2) is 19.1 Å². The van der Waals surface area contributed by atoms with Crippen LogP contribution in [-0.2, 0) is 0 Å². The highest BCUT2D eigenvalue weighted by atomic mass is 16.5. The topological polar surface area (TPSA) is 61.5 Å². The van der Waals surface area contributed by atoms with Crippen molar-refractivity contribution in [3.05, 3.63) is 23.8 Å². The molecule has 0 aliphatic heterocycles. The molecule has 0 spiro atoms. The number of carbonyl (C=O) groups excluding carboxylic acids is 1. The molecule has 0 atom stereocenters. The quantitative estimate of drug-likeness (QED) is 0.869. The number of benzene rings is 1. The maximum absolute atomic E-state index is 11.3. The van der Waals surface area contributed by atoms with Crippen LogP contribution in [0.25, 0.3) is 0 Å². The average molecular weight is 235 g/mol. The Hall–Kier alpha value is -1.71. The molecule has 0 unspecified atom stereocenters. The van der Waals surface area contributed by atoms with Gasteiger partial charge >= 0.3 is 0 Å². The first-order chi connectivity index (χ1) is 8.20. The first-order valence-corrected chi connectivity index (χ1v) is 5.85. The molecule has 1 fully saturated rings. The molecule has 2 N–H and O–H groups in total. The van der Waals surface area contributed by atoms with Gasteiger partial charge in [-0.3, -0.25) is 4.79 Å². The van der Waals surface area contributed by atoms with Crippen LogP contribution < -0.4 is 15.2 Å². The Bertz CT molecular complexity index is 411. The van der Waals surface area contributed by atoms with Gasteiger partial charge < -0.3 is 15.2 Å². The lowest BCUT2D eigenvalue weighted by Gasteiger charge is -2.16. The van der Waals surface area contributed by atoms with Crippen molar-refractivity contribution in [2.24, 2.45) is 5.73 Å². The Balaban J connectivity index is 2.24. The molecule has 2 rings (SSSR count). The third-order valence-electron chi connectivity index (χ3n) is 3.05. The molecule has 1 aliphatic rings. The van der Waals surface area contributed by atoms with Crippen LogP contribution in [0.4, 0.5) is 0 Å². The van der Waals surface area contributed by atoms with Gasteiger partial charge in [0.1, 0.15) is 11.5 Å². The van der Waals surface area contributed by atoms with Crippen molar-refractivity contribution >= 4 is 5.91 Å². The number of carbonyl (C=O) groups is 1. The van der Waals surface area contributed by atoms with Crippen molar-refractivity contribution in [1.82, 2.24) is 0 Å². The second kappa shape index (κ2) is 5.08. The maximum atomic E-state index is 11.3. The Morgan fingerprint density at radius 3 is 2.65 bits per heavy atom. The molecule has 0 bridgehead atoms. The number of hydrogen-bond donors (Lipinski definition) is 1. The monoisotopic (exact) mass is 235 g/mol. The zero-order valence-electron chi connectivity index (χ0n) is 9.94. The summed E-state index contributed by atoms with van der Waals surface area (Å²) in [6, 6.07) is 5.07. The molecular formula is C13H17NO3. The van der Waals surface area contributed by atoms with E-state index in [1.807, 2.05) is 0 Å². The summed E-state index contributed by atoms with van der Waals surface area (Å²) in [5.74, 6) is 0.729. The lowest BCUT2D eigenvalue weighted by atomic mass is 10.1. The Kier molecular flexibility index (Phi) is 3.52. The van der Waals surface area contributed by atoms with Crippen molar-refractivity contribution in [3.8, 4) is 11.5 Å². The molecule has 0 aromatic heterocycles. The molecule has 1 aliphatic carbocycles. The van der Waals surface area contributed by atoms with Crippen molar-refractivity contribution in [1.29, 1.82) is 0 Å². The van der Waals surface area contributed by atoms with Crippen LogP contribution >= 0.6 is 0 Å². The Labute approximate surface area is 101 Å². The number of hydrogen-bond acceptors (Lipinski definition) is 3. The van der Waals surface area contributed by atoms with Crippen molar-refractivity contribution < 1.29 is 14.3 Å². The molecule has 92 valence electrons. The van der Waals surface area contributed by atoms with E-state index in [2.05, 4.69) is 0 Å². The van der Waals surface area contributed by atoms with Gasteiger partial charge in [-0.25, -0.2) is 0 Å². The van der Waals surface area contributed by atoms with Crippen molar-refractivity contribution in [2.45, 2.75) is 31.8 Å². The number of primary amides is 1. The van der Waals surface area contributed by atoms with Gasteiger partial charge in [-0.1, -0.05) is 0 Å². The lowest BCUT2D eigenvalue weighted by molar-refractivity contribution is 0.0993. The van der Waals surface area contributed by atoms with E-state index in [4.69, 9.17) is 15.2 Å². The molecule has 1 amide bonds. The fourth-order valence-corrected chi connectivity index (χ4v) is 2.12. The summed E-state index contributed by atoms with van der Waals surface area (Å²) >= 11 is 0. The highest BCUT2D eigenvalue weighted by molar-refractivity contribution is 5.95. The highest BCUT2D eigenvalue weighted by Crippen LogP contribution is 2.29. The molecule has 1 aromatic carbocycles. The lowest BCUT2D eigenvalue weighted by Crippen LogP contribution is -2.17. The van der Waals surface area contributed by atoms with Gasteiger partial charge in [0, 0.05) is 6.07 Å². The standard InChI is InChI=1S/C13H17NO3/c1-16-10-6-7-11(13(14)15)12(8-10)17-9-4-2-3-5-9/h6-9H,2-5H2,1H3,(H2,14,15). The summed E-state index contributed by atoms with van der Waals surface area (Å²) in [5.41, 5.74) is 5.74. The summed E-state index contributed by atoms with van der Waals surface area (Å²) in [6.45, 7) is 0. The van der Waals surface area contributed by atoms with Gasteiger partial charge in [0.05, 0.1) is 18.8 Å². The van der Waals surface area contributed by atoms with Crippen LogP contribution in [0.1, 0.15) is 36.0 Å². The predicted octanol–water partition coefficient (Wildman–Crippen LogP) is 2.12. The van der Waals surface area contributed by atoms with E-state index >= 15 is 0 Å². The molecule has 1 aromatic rings. The summed E-state index contributed by atoms with van der Waals surface area (Å²) in [4.78, 5) is 11.3. The van der Waals surface area contributed by atoms with Gasteiger partial charge in [-0.2, -0.15) is 0 Å². The van der Waals surface area contributed by atoms with Gasteiger partial charge in [0.2, 0.25) is 0 Å². The van der Waals surface area contributed by atoms with E-state index in [1.54, 1.807) is 25.3 Å². The predicted molar refractivity (Wildman–Crippen MR) is 64.4 cm³/mol. The minimum Gasteiger partial charge on any atom is -0.497 e. The van der Waals surface area contributed by atoms with Crippen LogP contribution in [0, 0.1) is 0 Å². The maximum Gasteiger partial charge on any atom is 0.252 e. The molecule has 4 nitrogen and oxygen atoms in total. The van der Waals surface area contributed by atoms with Gasteiger partial charge in [-0.15, -0.1) is 0 Å². The summed E-state index contributed by atoms with van der Waals surface area (Å²) in [5, 5.41) is 0. The zero-order valence-corrected chi connectivity index (χ0v) is 9.94. The van der Waals surface area contributed by atoms with Crippen molar-refractivity contribution in [3.63, 3.8) is 0 Å². The fraction of sp³-hybridized carbons (Fsp3) is 0.462. The van der Waals surface area contributed by atoms with Gasteiger partial charge in [-0.05, 0) is 37.8 Å². The third-order valence-corrected chi connectivity index (χ3v) is 3.05. The van der Waals surface area contributed by atoms with Crippen molar-refractivity contribution in [2.75, 3.05) is 7.11 Å². The number of rotatable bonds is 4. The second-order valence-corrected chi connectivity index (χ2v) is 4.25. The normalized spacial score (nSPS) is 15.8. The fourth-order valence-electron chi connectivity index (χ4n) is 2.12. The molecular weight excluding hydrogens is 218 g/mol. The number of nitrogens with two attached hydrogens (primary N) is 1. The summed E-state index contributed by atoms with van der Waals surface area (Å²) in [7, 11) is 1.58. The average Bonchev–Trinajstić information content (AvgIpc) is 2.81. The smallest absolute Gasteiger partial charge is 0.252 e. The first-order valence-electron chi connectivity index (χ1n) is 5.85. The third kappa shape index (κ3) is 2.70. The van der Waals surface area contributed by atoms with Crippen LogP contribution in [0.15, 0.2) is 18.2 Å². The summed E-state index contributed by atoms with van der Waals surface area (Å²) in [6.07, 6.45) is 4.63. The number of amides is 1. The van der Waals surface area contributed by atoms with Gasteiger partial charge in [0.25, 0.3) is 5.91 Å². The number of ether oxygens (including phenoxy) is 2. The Morgan fingerprint density at radius 2 is 2.06 bits per heavy atom. The Morgan fingerprint density at radius 1 is 1.35 bits per heavy atom. The largest absolute Gasteiger partial charge is 0.497 e. The zero-order chi connectivity index (χ0) is 12.3. The van der Waals surface area contributed by atoms with E-state index in [1.165, 1.54) is 12.8 Å². The number of methoxy groups -OCH3 is 1.